The van der Waals surface area contributed by atoms with Crippen molar-refractivity contribution in [1.82, 2.24) is 9.55 Å². The summed E-state index contributed by atoms with van der Waals surface area (Å²) in [4.78, 5) is 4.82. The molecule has 28 heavy (non-hydrogen) atoms. The third-order valence-corrected chi connectivity index (χ3v) is 5.57. The Hall–Kier alpha value is -3.25. The molecular weight excluding hydrogens is 372 g/mol. The zero-order valence-corrected chi connectivity index (χ0v) is 16.4. The van der Waals surface area contributed by atoms with E-state index in [1.165, 1.54) is 6.07 Å². The molecule has 0 aliphatic heterocycles. The van der Waals surface area contributed by atoms with E-state index in [0.717, 1.165) is 39.0 Å². The number of phenols is 2. The van der Waals surface area contributed by atoms with Gasteiger partial charge in [0.05, 0.1) is 18.5 Å². The lowest BCUT2D eigenvalue weighted by Crippen LogP contribution is -2.03. The Labute approximate surface area is 167 Å². The van der Waals surface area contributed by atoms with Crippen molar-refractivity contribution in [2.75, 3.05) is 7.11 Å². The number of ether oxygens (including phenoxy) is 1. The summed E-state index contributed by atoms with van der Waals surface area (Å²) >= 11 is 1.60. The smallest absolute Gasteiger partial charge is 0.157 e. The maximum Gasteiger partial charge on any atom is 0.157 e. The third kappa shape index (κ3) is 3.46. The van der Waals surface area contributed by atoms with Gasteiger partial charge < -0.3 is 19.5 Å². The van der Waals surface area contributed by atoms with Crippen LogP contribution in [-0.2, 0) is 6.54 Å². The van der Waals surface area contributed by atoms with E-state index < -0.39 is 0 Å². The average Bonchev–Trinajstić information content (AvgIpc) is 3.32. The summed E-state index contributed by atoms with van der Waals surface area (Å²) < 4.78 is 7.37. The van der Waals surface area contributed by atoms with E-state index in [-0.39, 0.29) is 11.5 Å². The van der Waals surface area contributed by atoms with Gasteiger partial charge in [-0.1, -0.05) is 6.07 Å². The van der Waals surface area contributed by atoms with Crippen LogP contribution in [0, 0.1) is 6.92 Å². The van der Waals surface area contributed by atoms with Gasteiger partial charge >= 0.3 is 0 Å². The van der Waals surface area contributed by atoms with Gasteiger partial charge in [0.25, 0.3) is 0 Å². The molecule has 4 rings (SSSR count). The van der Waals surface area contributed by atoms with Gasteiger partial charge in [-0.15, -0.1) is 11.3 Å². The Balaban J connectivity index is 1.65. The minimum Gasteiger partial charge on any atom is -0.504 e. The molecule has 2 heterocycles. The highest BCUT2D eigenvalue weighted by Crippen LogP contribution is 2.32. The van der Waals surface area contributed by atoms with E-state index >= 15 is 0 Å². The van der Waals surface area contributed by atoms with Gasteiger partial charge in [-0.25, -0.2) is 4.98 Å². The Morgan fingerprint density at radius 1 is 1.00 bits per heavy atom. The van der Waals surface area contributed by atoms with Gasteiger partial charge in [0.15, 0.2) is 11.5 Å². The van der Waals surface area contributed by atoms with Gasteiger partial charge in [-0.05, 0) is 61.0 Å². The summed E-state index contributed by atoms with van der Waals surface area (Å²) in [6, 6.07) is 16.9. The summed E-state index contributed by atoms with van der Waals surface area (Å²) in [5.41, 5.74) is 4.98. The van der Waals surface area contributed by atoms with E-state index in [1.807, 2.05) is 37.3 Å². The molecule has 0 amide bonds. The first-order valence-corrected chi connectivity index (χ1v) is 9.70. The second-order valence-corrected chi connectivity index (χ2v) is 7.39. The number of phenolic OH excluding ortho intramolecular Hbond substituents is 2. The van der Waals surface area contributed by atoms with E-state index in [4.69, 9.17) is 9.72 Å². The highest BCUT2D eigenvalue weighted by Gasteiger charge is 2.13. The predicted octanol–water partition coefficient (Wildman–Crippen LogP) is 5.06. The molecule has 2 aromatic carbocycles. The maximum absolute atomic E-state index is 9.77. The normalized spacial score (nSPS) is 10.9. The third-order valence-electron chi connectivity index (χ3n) is 4.68. The van der Waals surface area contributed by atoms with Gasteiger partial charge in [0, 0.05) is 23.2 Å². The minimum atomic E-state index is -0.114. The molecule has 0 spiro atoms. The Bertz CT molecular complexity index is 1110. The first kappa shape index (κ1) is 18.1. The van der Waals surface area contributed by atoms with Crippen LogP contribution in [-0.4, -0.2) is 26.9 Å². The molecule has 0 bridgehead atoms. The maximum atomic E-state index is 9.77. The molecule has 4 aromatic rings. The van der Waals surface area contributed by atoms with Crippen molar-refractivity contribution in [3.05, 3.63) is 71.2 Å². The van der Waals surface area contributed by atoms with Gasteiger partial charge in [0.1, 0.15) is 10.8 Å². The van der Waals surface area contributed by atoms with Crippen LogP contribution < -0.4 is 4.74 Å². The monoisotopic (exact) mass is 392 g/mol. The summed E-state index contributed by atoms with van der Waals surface area (Å²) in [5.74, 6) is 0.596. The molecular formula is C22H20N2O3S. The van der Waals surface area contributed by atoms with Crippen molar-refractivity contribution in [2.45, 2.75) is 13.5 Å². The van der Waals surface area contributed by atoms with E-state index in [2.05, 4.69) is 22.1 Å². The number of hydrogen-bond acceptors (Lipinski definition) is 5. The molecule has 6 heteroatoms. The minimum absolute atomic E-state index is 0.112. The first-order chi connectivity index (χ1) is 13.5. The number of rotatable bonds is 5. The van der Waals surface area contributed by atoms with E-state index in [1.54, 1.807) is 24.5 Å². The Morgan fingerprint density at radius 3 is 2.50 bits per heavy atom. The Kier molecular flexibility index (Phi) is 4.79. The standard InChI is InChI=1S/C22H20N2O3S/c1-14-3-9-19(24(14)12-15-4-10-20(25)21(26)11-15)18-13-28-22(23-18)16-5-7-17(27-2)8-6-16/h3-11,13,25-26H,12H2,1-2H3. The fraction of sp³-hybridized carbons (Fsp3) is 0.136. The molecule has 5 nitrogen and oxygen atoms in total. The van der Waals surface area contributed by atoms with Crippen LogP contribution in [0.25, 0.3) is 22.0 Å². The molecule has 142 valence electrons. The number of hydrogen-bond donors (Lipinski definition) is 2. The second-order valence-electron chi connectivity index (χ2n) is 6.54. The lowest BCUT2D eigenvalue weighted by Gasteiger charge is -2.11. The van der Waals surface area contributed by atoms with E-state index in [0.29, 0.717) is 6.54 Å². The molecule has 2 N–H and O–H groups in total. The molecule has 0 aliphatic rings. The summed E-state index contributed by atoms with van der Waals surface area (Å²) in [7, 11) is 1.65. The second kappa shape index (κ2) is 7.40. The van der Waals surface area contributed by atoms with Crippen molar-refractivity contribution in [3.8, 4) is 39.2 Å². The summed E-state index contributed by atoms with van der Waals surface area (Å²) in [6.45, 7) is 2.62. The van der Waals surface area contributed by atoms with Crippen LogP contribution in [0.1, 0.15) is 11.3 Å². The number of methoxy groups -OCH3 is 1. The molecule has 0 saturated heterocycles. The van der Waals surface area contributed by atoms with Crippen LogP contribution in [0.5, 0.6) is 17.2 Å². The Morgan fingerprint density at radius 2 is 1.79 bits per heavy atom. The van der Waals surface area contributed by atoms with Gasteiger partial charge in [-0.3, -0.25) is 0 Å². The molecule has 0 atom stereocenters. The molecule has 2 aromatic heterocycles. The van der Waals surface area contributed by atoms with Crippen molar-refractivity contribution in [3.63, 3.8) is 0 Å². The lowest BCUT2D eigenvalue weighted by molar-refractivity contribution is 0.403. The quantitative estimate of drug-likeness (QED) is 0.466. The number of thiazole rings is 1. The SMILES string of the molecule is COc1ccc(-c2nc(-c3ccc(C)n3Cc3ccc(O)c(O)c3)cs2)cc1. The van der Waals surface area contributed by atoms with Crippen LogP contribution in [0.4, 0.5) is 0 Å². The van der Waals surface area contributed by atoms with Crippen molar-refractivity contribution < 1.29 is 14.9 Å². The zero-order valence-electron chi connectivity index (χ0n) is 15.6. The predicted molar refractivity (Wildman–Crippen MR) is 111 cm³/mol. The highest BCUT2D eigenvalue weighted by atomic mass is 32.1. The van der Waals surface area contributed by atoms with Crippen LogP contribution in [0.2, 0.25) is 0 Å². The fourth-order valence-electron chi connectivity index (χ4n) is 3.11. The largest absolute Gasteiger partial charge is 0.504 e. The molecule has 0 unspecified atom stereocenters. The average molecular weight is 392 g/mol. The zero-order chi connectivity index (χ0) is 19.7. The van der Waals surface area contributed by atoms with Gasteiger partial charge in [-0.2, -0.15) is 0 Å². The van der Waals surface area contributed by atoms with Gasteiger partial charge in [0.2, 0.25) is 0 Å². The lowest BCUT2D eigenvalue weighted by atomic mass is 10.2. The van der Waals surface area contributed by atoms with E-state index in [9.17, 15) is 10.2 Å². The van der Waals surface area contributed by atoms with Crippen molar-refractivity contribution in [1.29, 1.82) is 0 Å². The van der Waals surface area contributed by atoms with Crippen LogP contribution in [0.15, 0.2) is 60.0 Å². The fourth-order valence-corrected chi connectivity index (χ4v) is 3.93. The van der Waals surface area contributed by atoms with Crippen LogP contribution in [0.3, 0.4) is 0 Å². The number of aromatic hydroxyl groups is 2. The number of aromatic nitrogens is 2. The molecule has 0 aliphatic carbocycles. The van der Waals surface area contributed by atoms with Crippen LogP contribution >= 0.6 is 11.3 Å². The number of nitrogens with zero attached hydrogens (tertiary/aromatic N) is 2. The number of benzene rings is 2. The summed E-state index contributed by atoms with van der Waals surface area (Å²) in [5, 5.41) is 22.3. The summed E-state index contributed by atoms with van der Waals surface area (Å²) in [6.07, 6.45) is 0. The first-order valence-electron chi connectivity index (χ1n) is 8.82. The molecule has 0 fully saturated rings. The molecule has 0 saturated carbocycles. The molecule has 0 radical (unpaired) electrons. The topological polar surface area (TPSA) is 67.5 Å². The number of aryl methyl sites for hydroxylation is 1. The van der Waals surface area contributed by atoms with Crippen molar-refractivity contribution in [2.24, 2.45) is 0 Å². The highest BCUT2D eigenvalue weighted by molar-refractivity contribution is 7.13. The van der Waals surface area contributed by atoms with Crippen molar-refractivity contribution >= 4 is 11.3 Å².